The smallest absolute Gasteiger partial charge is 0.0994 e. The maximum absolute atomic E-state index is 4.39. The molecule has 112 valence electrons. The normalized spacial score (nSPS) is 17.1. The average molecular weight is 283 g/mol. The van der Waals surface area contributed by atoms with E-state index < -0.39 is 0 Å². The molecule has 0 atom stereocenters. The first-order valence-electron chi connectivity index (χ1n) is 7.89. The second-order valence-electron chi connectivity index (χ2n) is 7.01. The highest BCUT2D eigenvalue weighted by Gasteiger charge is 2.20. The van der Waals surface area contributed by atoms with Crippen molar-refractivity contribution in [1.29, 1.82) is 0 Å². The number of imidazole rings is 1. The summed E-state index contributed by atoms with van der Waals surface area (Å²) >= 11 is 0. The summed E-state index contributed by atoms with van der Waals surface area (Å²) in [6, 6.07) is 8.91. The van der Waals surface area contributed by atoms with Crippen LogP contribution >= 0.6 is 0 Å². The Bertz CT molecular complexity index is 584. The highest BCUT2D eigenvalue weighted by Crippen LogP contribution is 2.28. The molecule has 3 rings (SSSR count). The van der Waals surface area contributed by atoms with Crippen LogP contribution in [0, 0.1) is 0 Å². The Morgan fingerprint density at radius 1 is 1.10 bits per heavy atom. The van der Waals surface area contributed by atoms with E-state index in [1.54, 1.807) is 0 Å². The van der Waals surface area contributed by atoms with E-state index in [0.717, 1.165) is 13.1 Å². The van der Waals surface area contributed by atoms with Gasteiger partial charge in [0, 0.05) is 23.5 Å². The van der Waals surface area contributed by atoms with Gasteiger partial charge in [0.1, 0.15) is 0 Å². The second kappa shape index (κ2) is 5.64. The number of hydrogen-bond donors (Lipinski definition) is 1. The number of nitrogens with zero attached hydrogens (tertiary/aromatic N) is 2. The number of aromatic nitrogens is 2. The van der Waals surface area contributed by atoms with E-state index in [9.17, 15) is 0 Å². The molecule has 0 amide bonds. The van der Waals surface area contributed by atoms with Crippen LogP contribution in [0.3, 0.4) is 0 Å². The van der Waals surface area contributed by atoms with Gasteiger partial charge in [-0.3, -0.25) is 0 Å². The maximum atomic E-state index is 4.39. The van der Waals surface area contributed by atoms with Crippen molar-refractivity contribution in [1.82, 2.24) is 14.9 Å². The van der Waals surface area contributed by atoms with Gasteiger partial charge >= 0.3 is 0 Å². The van der Waals surface area contributed by atoms with Crippen LogP contribution in [0.1, 0.15) is 50.8 Å². The molecule has 0 aliphatic carbocycles. The van der Waals surface area contributed by atoms with Gasteiger partial charge in [-0.05, 0) is 49.0 Å². The lowest BCUT2D eigenvalue weighted by Crippen LogP contribution is -2.27. The Morgan fingerprint density at radius 3 is 2.38 bits per heavy atom. The molecular weight excluding hydrogens is 258 g/mol. The van der Waals surface area contributed by atoms with E-state index in [-0.39, 0.29) is 5.41 Å². The van der Waals surface area contributed by atoms with Gasteiger partial charge in [-0.2, -0.15) is 0 Å². The minimum absolute atomic E-state index is 0.200. The molecule has 0 unspecified atom stereocenters. The summed E-state index contributed by atoms with van der Waals surface area (Å²) < 4.78 is 2.25. The van der Waals surface area contributed by atoms with Gasteiger partial charge in [-0.25, -0.2) is 4.98 Å². The SMILES string of the molecule is CC(C)(C)c1ccc(-n2cncc2C2CCNCC2)cc1. The second-order valence-corrected chi connectivity index (χ2v) is 7.01. The predicted octanol–water partition coefficient (Wildman–Crippen LogP) is 3.64. The first-order valence-corrected chi connectivity index (χ1v) is 7.89. The summed E-state index contributed by atoms with van der Waals surface area (Å²) in [6.45, 7) is 8.97. The first-order chi connectivity index (χ1) is 10.1. The van der Waals surface area contributed by atoms with Crippen LogP contribution in [0.15, 0.2) is 36.8 Å². The Labute approximate surface area is 127 Å². The van der Waals surface area contributed by atoms with Crippen molar-refractivity contribution in [2.24, 2.45) is 0 Å². The van der Waals surface area contributed by atoms with Crippen LogP contribution in [0.25, 0.3) is 5.69 Å². The van der Waals surface area contributed by atoms with E-state index in [1.807, 2.05) is 12.5 Å². The minimum Gasteiger partial charge on any atom is -0.317 e. The molecule has 0 spiro atoms. The Hall–Kier alpha value is -1.61. The topological polar surface area (TPSA) is 29.9 Å². The minimum atomic E-state index is 0.200. The quantitative estimate of drug-likeness (QED) is 0.912. The largest absolute Gasteiger partial charge is 0.317 e. The molecule has 1 aliphatic heterocycles. The number of rotatable bonds is 2. The standard InChI is InChI=1S/C18H25N3/c1-18(2,3)15-4-6-16(7-5-15)21-13-20-12-17(21)14-8-10-19-11-9-14/h4-7,12-14,19H,8-11H2,1-3H3. The molecule has 1 aromatic heterocycles. The fourth-order valence-electron chi connectivity index (χ4n) is 3.06. The van der Waals surface area contributed by atoms with Crippen molar-refractivity contribution in [3.8, 4) is 5.69 Å². The maximum Gasteiger partial charge on any atom is 0.0994 e. The number of nitrogens with one attached hydrogen (secondary N) is 1. The molecule has 2 heterocycles. The van der Waals surface area contributed by atoms with Gasteiger partial charge in [-0.1, -0.05) is 32.9 Å². The van der Waals surface area contributed by atoms with Gasteiger partial charge < -0.3 is 9.88 Å². The lowest BCUT2D eigenvalue weighted by Gasteiger charge is -2.24. The van der Waals surface area contributed by atoms with Crippen LogP contribution in [-0.2, 0) is 5.41 Å². The average Bonchev–Trinajstić information content (AvgIpc) is 2.97. The van der Waals surface area contributed by atoms with Crippen molar-refractivity contribution in [2.75, 3.05) is 13.1 Å². The molecule has 0 saturated carbocycles. The number of benzene rings is 1. The molecule has 2 aromatic rings. The number of piperidine rings is 1. The van der Waals surface area contributed by atoms with Crippen molar-refractivity contribution in [3.63, 3.8) is 0 Å². The fourth-order valence-corrected chi connectivity index (χ4v) is 3.06. The van der Waals surface area contributed by atoms with Crippen LogP contribution in [0.4, 0.5) is 0 Å². The lowest BCUT2D eigenvalue weighted by molar-refractivity contribution is 0.449. The van der Waals surface area contributed by atoms with E-state index >= 15 is 0 Å². The zero-order valence-corrected chi connectivity index (χ0v) is 13.3. The van der Waals surface area contributed by atoms with Crippen LogP contribution in [0.2, 0.25) is 0 Å². The van der Waals surface area contributed by atoms with Crippen molar-refractivity contribution in [2.45, 2.75) is 44.9 Å². The van der Waals surface area contributed by atoms with Crippen molar-refractivity contribution < 1.29 is 0 Å². The highest BCUT2D eigenvalue weighted by atomic mass is 15.1. The van der Waals surface area contributed by atoms with E-state index in [4.69, 9.17) is 0 Å². The molecule has 1 N–H and O–H groups in total. The third-order valence-corrected chi connectivity index (χ3v) is 4.44. The molecule has 1 saturated heterocycles. The zero-order chi connectivity index (χ0) is 14.9. The van der Waals surface area contributed by atoms with Gasteiger partial charge in [0.25, 0.3) is 0 Å². The molecule has 1 fully saturated rings. The summed E-state index contributed by atoms with van der Waals surface area (Å²) in [6.07, 6.45) is 6.38. The monoisotopic (exact) mass is 283 g/mol. The summed E-state index contributed by atoms with van der Waals surface area (Å²) in [5.74, 6) is 0.621. The molecule has 3 nitrogen and oxygen atoms in total. The fraction of sp³-hybridized carbons (Fsp3) is 0.500. The molecule has 0 radical (unpaired) electrons. The summed E-state index contributed by atoms with van der Waals surface area (Å²) in [5, 5.41) is 3.43. The lowest BCUT2D eigenvalue weighted by atomic mass is 9.87. The van der Waals surface area contributed by atoms with E-state index in [2.05, 4.69) is 59.9 Å². The Balaban J connectivity index is 1.89. The molecular formula is C18H25N3. The molecule has 1 aliphatic rings. The summed E-state index contributed by atoms with van der Waals surface area (Å²) in [5.41, 5.74) is 4.13. The third-order valence-electron chi connectivity index (χ3n) is 4.44. The van der Waals surface area contributed by atoms with Crippen LogP contribution in [-0.4, -0.2) is 22.6 Å². The van der Waals surface area contributed by atoms with Gasteiger partial charge in [0.2, 0.25) is 0 Å². The van der Waals surface area contributed by atoms with Gasteiger partial charge in [0.15, 0.2) is 0 Å². The van der Waals surface area contributed by atoms with Crippen LogP contribution < -0.4 is 5.32 Å². The van der Waals surface area contributed by atoms with Crippen LogP contribution in [0.5, 0.6) is 0 Å². The third kappa shape index (κ3) is 3.03. The summed E-state index contributed by atoms with van der Waals surface area (Å²) in [7, 11) is 0. The van der Waals surface area contributed by atoms with E-state index in [1.165, 1.54) is 29.8 Å². The van der Waals surface area contributed by atoms with E-state index in [0.29, 0.717) is 5.92 Å². The summed E-state index contributed by atoms with van der Waals surface area (Å²) in [4.78, 5) is 4.39. The predicted molar refractivity (Wildman–Crippen MR) is 87.1 cm³/mol. The highest BCUT2D eigenvalue weighted by molar-refractivity contribution is 5.38. The molecule has 1 aromatic carbocycles. The van der Waals surface area contributed by atoms with Gasteiger partial charge in [0.05, 0.1) is 6.33 Å². The van der Waals surface area contributed by atoms with Crippen molar-refractivity contribution >= 4 is 0 Å². The molecule has 3 heteroatoms. The molecule has 21 heavy (non-hydrogen) atoms. The number of hydrogen-bond acceptors (Lipinski definition) is 2. The molecule has 0 bridgehead atoms. The zero-order valence-electron chi connectivity index (χ0n) is 13.3. The van der Waals surface area contributed by atoms with Gasteiger partial charge in [-0.15, -0.1) is 0 Å². The Kier molecular flexibility index (Phi) is 3.85. The first kappa shape index (κ1) is 14.3. The van der Waals surface area contributed by atoms with Crippen molar-refractivity contribution in [3.05, 3.63) is 48.0 Å². The Morgan fingerprint density at radius 2 is 1.76 bits per heavy atom.